The highest BCUT2D eigenvalue weighted by molar-refractivity contribution is 7.99. The summed E-state index contributed by atoms with van der Waals surface area (Å²) in [5.41, 5.74) is 1.31. The predicted octanol–water partition coefficient (Wildman–Crippen LogP) is 2.48. The molecule has 3 heterocycles. The van der Waals surface area contributed by atoms with E-state index in [4.69, 9.17) is 4.74 Å². The van der Waals surface area contributed by atoms with Crippen LogP contribution in [0.25, 0.3) is 0 Å². The van der Waals surface area contributed by atoms with Gasteiger partial charge in [0.1, 0.15) is 5.75 Å². The van der Waals surface area contributed by atoms with Gasteiger partial charge >= 0.3 is 0 Å². The number of carbonyl (C=O) groups is 1. The molecule has 3 fully saturated rings. The molecule has 3 aliphatic heterocycles. The Morgan fingerprint density at radius 3 is 2.70 bits per heavy atom. The Morgan fingerprint density at radius 2 is 2.00 bits per heavy atom. The van der Waals surface area contributed by atoms with Crippen molar-refractivity contribution < 1.29 is 9.53 Å². The third-order valence-corrected chi connectivity index (χ3v) is 5.48. The topological polar surface area (TPSA) is 32.8 Å². The molecule has 2 atom stereocenters. The van der Waals surface area contributed by atoms with Crippen LogP contribution in [0.4, 0.5) is 0 Å². The molecule has 0 aliphatic carbocycles. The molecule has 0 saturated carbocycles. The number of benzene rings is 1. The van der Waals surface area contributed by atoms with Crippen molar-refractivity contribution in [2.24, 2.45) is 5.92 Å². The van der Waals surface area contributed by atoms with Crippen LogP contribution >= 0.6 is 11.8 Å². The van der Waals surface area contributed by atoms with E-state index in [0.717, 1.165) is 38.3 Å². The van der Waals surface area contributed by atoms with E-state index in [1.54, 1.807) is 18.9 Å². The molecule has 3 saturated heterocycles. The summed E-state index contributed by atoms with van der Waals surface area (Å²) in [7, 11) is 1.70. The van der Waals surface area contributed by atoms with E-state index in [1.807, 2.05) is 18.4 Å². The van der Waals surface area contributed by atoms with Crippen molar-refractivity contribution in [2.45, 2.75) is 25.4 Å². The largest absolute Gasteiger partial charge is 0.497 e. The van der Waals surface area contributed by atoms with Gasteiger partial charge in [0.2, 0.25) is 5.91 Å². The molecule has 0 radical (unpaired) electrons. The number of methoxy groups -OCH3 is 1. The summed E-state index contributed by atoms with van der Waals surface area (Å²) in [4.78, 5) is 17.0. The maximum atomic E-state index is 12.3. The summed E-state index contributed by atoms with van der Waals surface area (Å²) < 4.78 is 5.23. The normalized spacial score (nSPS) is 24.5. The average molecular weight is 334 g/mol. The quantitative estimate of drug-likeness (QED) is 0.828. The first-order valence-corrected chi connectivity index (χ1v) is 9.72. The number of nitrogens with zero attached hydrogens (tertiary/aromatic N) is 2. The van der Waals surface area contributed by atoms with Gasteiger partial charge in [-0.15, -0.1) is 0 Å². The van der Waals surface area contributed by atoms with Crippen molar-refractivity contribution in [1.29, 1.82) is 0 Å². The van der Waals surface area contributed by atoms with E-state index in [1.165, 1.54) is 12.0 Å². The zero-order valence-corrected chi connectivity index (χ0v) is 14.8. The number of fused-ring (bicyclic) bond motifs is 4. The number of amides is 1. The Morgan fingerprint density at radius 1 is 1.22 bits per heavy atom. The minimum absolute atomic E-state index is 0.318. The standard InChI is InChI=1S/C18H26N2O2S/c1-22-17-7-4-14(5-8-17)9-19-10-15-3-6-16(12-19)20(11-15)18(21)13-23-2/h4-5,7-8,15-16H,3,6,9-13H2,1-2H3/t15-,16+/m1/s1. The molecule has 0 aromatic heterocycles. The minimum atomic E-state index is 0.318. The van der Waals surface area contributed by atoms with Crippen molar-refractivity contribution in [3.05, 3.63) is 29.8 Å². The first-order chi connectivity index (χ1) is 11.2. The van der Waals surface area contributed by atoms with Crippen molar-refractivity contribution in [2.75, 3.05) is 38.8 Å². The number of ether oxygens (including phenoxy) is 1. The van der Waals surface area contributed by atoms with E-state index in [9.17, 15) is 4.79 Å². The maximum absolute atomic E-state index is 12.3. The Hall–Kier alpha value is -1.20. The van der Waals surface area contributed by atoms with Crippen LogP contribution in [0.2, 0.25) is 0 Å². The van der Waals surface area contributed by atoms with Gasteiger partial charge < -0.3 is 9.64 Å². The van der Waals surface area contributed by atoms with Gasteiger partial charge in [-0.3, -0.25) is 9.69 Å². The molecule has 23 heavy (non-hydrogen) atoms. The summed E-state index contributed by atoms with van der Waals surface area (Å²) in [6.07, 6.45) is 4.42. The fraction of sp³-hybridized carbons (Fsp3) is 0.611. The van der Waals surface area contributed by atoms with E-state index < -0.39 is 0 Å². The highest BCUT2D eigenvalue weighted by Crippen LogP contribution is 2.29. The van der Waals surface area contributed by atoms with E-state index in [-0.39, 0.29) is 0 Å². The molecule has 1 amide bonds. The molecule has 0 spiro atoms. The van der Waals surface area contributed by atoms with Crippen molar-refractivity contribution >= 4 is 17.7 Å². The van der Waals surface area contributed by atoms with Gasteiger partial charge in [0, 0.05) is 32.2 Å². The van der Waals surface area contributed by atoms with Gasteiger partial charge in [-0.25, -0.2) is 0 Å². The van der Waals surface area contributed by atoms with Crippen LogP contribution in [0.5, 0.6) is 5.75 Å². The molecule has 0 unspecified atom stereocenters. The SMILES string of the molecule is COc1ccc(CN2C[C@H]3CC[C@@H](C2)N(C(=O)CSC)C3)cc1. The Bertz CT molecular complexity index is 534. The summed E-state index contributed by atoms with van der Waals surface area (Å²) in [5.74, 6) is 2.46. The molecular formula is C18H26N2O2S. The third kappa shape index (κ3) is 4.01. The first kappa shape index (κ1) is 16.7. The van der Waals surface area contributed by atoms with Gasteiger partial charge in [-0.05, 0) is 42.7 Å². The molecule has 126 valence electrons. The highest BCUT2D eigenvalue weighted by atomic mass is 32.2. The third-order valence-electron chi connectivity index (χ3n) is 4.94. The van der Waals surface area contributed by atoms with Crippen LogP contribution in [0.3, 0.4) is 0 Å². The number of piperidine rings is 1. The van der Waals surface area contributed by atoms with E-state index in [2.05, 4.69) is 21.9 Å². The maximum Gasteiger partial charge on any atom is 0.232 e. The van der Waals surface area contributed by atoms with Gasteiger partial charge in [0.25, 0.3) is 0 Å². The minimum Gasteiger partial charge on any atom is -0.497 e. The molecule has 2 bridgehead atoms. The molecule has 0 N–H and O–H groups in total. The molecule has 1 aromatic carbocycles. The van der Waals surface area contributed by atoms with Crippen LogP contribution in [0, 0.1) is 5.92 Å². The van der Waals surface area contributed by atoms with Gasteiger partial charge in [-0.2, -0.15) is 11.8 Å². The average Bonchev–Trinajstić information content (AvgIpc) is 2.86. The van der Waals surface area contributed by atoms with Crippen LogP contribution in [-0.4, -0.2) is 60.5 Å². The molecule has 5 heteroatoms. The first-order valence-electron chi connectivity index (χ1n) is 8.33. The molecule has 3 aliphatic rings. The highest BCUT2D eigenvalue weighted by Gasteiger charge is 2.36. The fourth-order valence-corrected chi connectivity index (χ4v) is 4.22. The Balaban J connectivity index is 1.65. The molecular weight excluding hydrogens is 308 g/mol. The van der Waals surface area contributed by atoms with Crippen LogP contribution in [-0.2, 0) is 11.3 Å². The van der Waals surface area contributed by atoms with Crippen LogP contribution < -0.4 is 4.74 Å². The fourth-order valence-electron chi connectivity index (χ4n) is 3.81. The van der Waals surface area contributed by atoms with Crippen molar-refractivity contribution in [1.82, 2.24) is 9.80 Å². The Labute approximate surface area is 143 Å². The van der Waals surface area contributed by atoms with Crippen molar-refractivity contribution in [3.63, 3.8) is 0 Å². The molecule has 1 aromatic rings. The Kier molecular flexibility index (Phi) is 5.49. The molecule has 4 rings (SSSR count). The lowest BCUT2D eigenvalue weighted by atomic mass is 9.95. The van der Waals surface area contributed by atoms with Gasteiger partial charge in [0.15, 0.2) is 0 Å². The number of hydrogen-bond donors (Lipinski definition) is 0. The zero-order valence-electron chi connectivity index (χ0n) is 14.0. The summed E-state index contributed by atoms with van der Waals surface area (Å²) in [6, 6.07) is 8.73. The summed E-state index contributed by atoms with van der Waals surface area (Å²) in [6.45, 7) is 4.01. The monoisotopic (exact) mass is 334 g/mol. The van der Waals surface area contributed by atoms with Crippen molar-refractivity contribution in [3.8, 4) is 5.75 Å². The predicted molar refractivity (Wildman–Crippen MR) is 94.9 cm³/mol. The van der Waals surface area contributed by atoms with E-state index in [0.29, 0.717) is 23.6 Å². The number of carbonyl (C=O) groups excluding carboxylic acids is 1. The number of hydrogen-bond acceptors (Lipinski definition) is 4. The van der Waals surface area contributed by atoms with Crippen LogP contribution in [0.1, 0.15) is 18.4 Å². The lowest BCUT2D eigenvalue weighted by molar-refractivity contribution is -0.132. The zero-order chi connectivity index (χ0) is 16.2. The lowest BCUT2D eigenvalue weighted by Crippen LogP contribution is -2.48. The van der Waals surface area contributed by atoms with E-state index >= 15 is 0 Å². The second-order valence-corrected chi connectivity index (χ2v) is 7.48. The molecule has 4 nitrogen and oxygen atoms in total. The lowest BCUT2D eigenvalue weighted by Gasteiger charge is -2.36. The second-order valence-electron chi connectivity index (χ2n) is 6.62. The number of thioether (sulfide) groups is 1. The van der Waals surface area contributed by atoms with Gasteiger partial charge in [0.05, 0.1) is 12.9 Å². The summed E-state index contributed by atoms with van der Waals surface area (Å²) >= 11 is 1.63. The van der Waals surface area contributed by atoms with Gasteiger partial charge in [-0.1, -0.05) is 12.1 Å². The summed E-state index contributed by atoms with van der Waals surface area (Å²) in [5, 5.41) is 0. The smallest absolute Gasteiger partial charge is 0.232 e. The second kappa shape index (κ2) is 7.58. The van der Waals surface area contributed by atoms with Crippen LogP contribution in [0.15, 0.2) is 24.3 Å². The number of rotatable bonds is 5.